The molecule has 0 unspecified atom stereocenters. The standard InChI is InChI=1S/C14H20N4/c1-10(2)18-11(3)16-17-14(18)13(15)9-12-7-5-4-6-8-12/h4-8,10,13H,9,15H2,1-3H3/t13-/m1/s1. The number of nitrogens with two attached hydrogens (primary N) is 1. The molecule has 1 atom stereocenters. The second-order valence-electron chi connectivity index (χ2n) is 4.87. The van der Waals surface area contributed by atoms with E-state index in [0.29, 0.717) is 6.04 Å². The lowest BCUT2D eigenvalue weighted by molar-refractivity contribution is 0.518. The van der Waals surface area contributed by atoms with Gasteiger partial charge in [-0.2, -0.15) is 0 Å². The molecule has 96 valence electrons. The van der Waals surface area contributed by atoms with Gasteiger partial charge in [-0.25, -0.2) is 0 Å². The normalized spacial score (nSPS) is 12.9. The van der Waals surface area contributed by atoms with E-state index >= 15 is 0 Å². The summed E-state index contributed by atoms with van der Waals surface area (Å²) in [6.07, 6.45) is 0.783. The van der Waals surface area contributed by atoms with E-state index in [-0.39, 0.29) is 6.04 Å². The second kappa shape index (κ2) is 5.31. The highest BCUT2D eigenvalue weighted by atomic mass is 15.3. The molecule has 1 heterocycles. The monoisotopic (exact) mass is 244 g/mol. The fourth-order valence-corrected chi connectivity index (χ4v) is 2.24. The average molecular weight is 244 g/mol. The summed E-state index contributed by atoms with van der Waals surface area (Å²) in [5, 5.41) is 8.35. The lowest BCUT2D eigenvalue weighted by atomic mass is 10.1. The van der Waals surface area contributed by atoms with E-state index in [0.717, 1.165) is 18.1 Å². The Morgan fingerprint density at radius 1 is 1.17 bits per heavy atom. The first kappa shape index (κ1) is 12.8. The molecule has 0 aliphatic heterocycles. The van der Waals surface area contributed by atoms with Crippen molar-refractivity contribution in [2.24, 2.45) is 5.73 Å². The van der Waals surface area contributed by atoms with Crippen molar-refractivity contribution in [1.29, 1.82) is 0 Å². The predicted octanol–water partition coefficient (Wildman–Crippen LogP) is 2.41. The van der Waals surface area contributed by atoms with Crippen LogP contribution in [0.3, 0.4) is 0 Å². The van der Waals surface area contributed by atoms with Crippen LogP contribution in [-0.4, -0.2) is 14.8 Å². The first-order valence-electron chi connectivity index (χ1n) is 6.30. The smallest absolute Gasteiger partial charge is 0.150 e. The van der Waals surface area contributed by atoms with E-state index in [9.17, 15) is 0 Å². The largest absolute Gasteiger partial charge is 0.321 e. The predicted molar refractivity (Wildman–Crippen MR) is 72.2 cm³/mol. The van der Waals surface area contributed by atoms with Crippen molar-refractivity contribution < 1.29 is 0 Å². The molecule has 2 aromatic rings. The molecule has 1 aromatic carbocycles. The van der Waals surface area contributed by atoms with E-state index < -0.39 is 0 Å². The molecular weight excluding hydrogens is 224 g/mol. The van der Waals surface area contributed by atoms with Crippen molar-refractivity contribution in [2.75, 3.05) is 0 Å². The van der Waals surface area contributed by atoms with E-state index in [2.05, 4.69) is 40.7 Å². The number of benzene rings is 1. The van der Waals surface area contributed by atoms with Gasteiger partial charge in [-0.1, -0.05) is 30.3 Å². The SMILES string of the molecule is Cc1nnc([C@H](N)Cc2ccccc2)n1C(C)C. The van der Waals surface area contributed by atoms with Gasteiger partial charge < -0.3 is 10.3 Å². The Labute approximate surface area is 108 Å². The zero-order chi connectivity index (χ0) is 13.1. The van der Waals surface area contributed by atoms with Crippen LogP contribution in [0, 0.1) is 6.92 Å². The summed E-state index contributed by atoms with van der Waals surface area (Å²) in [7, 11) is 0. The van der Waals surface area contributed by atoms with E-state index in [4.69, 9.17) is 5.73 Å². The number of hydrogen-bond acceptors (Lipinski definition) is 3. The zero-order valence-electron chi connectivity index (χ0n) is 11.2. The van der Waals surface area contributed by atoms with E-state index in [1.807, 2.05) is 25.1 Å². The fourth-order valence-electron chi connectivity index (χ4n) is 2.24. The first-order chi connectivity index (χ1) is 8.59. The minimum absolute atomic E-state index is 0.115. The van der Waals surface area contributed by atoms with Crippen LogP contribution in [0.5, 0.6) is 0 Å². The van der Waals surface area contributed by atoms with Crippen molar-refractivity contribution in [3.63, 3.8) is 0 Å². The van der Waals surface area contributed by atoms with Gasteiger partial charge in [0.15, 0.2) is 5.82 Å². The summed E-state index contributed by atoms with van der Waals surface area (Å²) in [6.45, 7) is 6.20. The van der Waals surface area contributed by atoms with E-state index in [1.54, 1.807) is 0 Å². The topological polar surface area (TPSA) is 56.7 Å². The maximum Gasteiger partial charge on any atom is 0.150 e. The molecule has 0 saturated heterocycles. The highest BCUT2D eigenvalue weighted by Gasteiger charge is 2.18. The highest BCUT2D eigenvalue weighted by molar-refractivity contribution is 5.17. The molecule has 0 aliphatic carbocycles. The molecule has 4 nitrogen and oxygen atoms in total. The lowest BCUT2D eigenvalue weighted by Gasteiger charge is -2.17. The van der Waals surface area contributed by atoms with Gasteiger partial charge in [-0.15, -0.1) is 10.2 Å². The minimum Gasteiger partial charge on any atom is -0.321 e. The Hall–Kier alpha value is -1.68. The molecule has 1 aromatic heterocycles. The van der Waals surface area contributed by atoms with Crippen molar-refractivity contribution in [3.8, 4) is 0 Å². The summed E-state index contributed by atoms with van der Waals surface area (Å²) in [5.41, 5.74) is 7.48. The Morgan fingerprint density at radius 2 is 1.83 bits per heavy atom. The molecule has 2 N–H and O–H groups in total. The van der Waals surface area contributed by atoms with Gasteiger partial charge in [-0.05, 0) is 32.8 Å². The lowest BCUT2D eigenvalue weighted by Crippen LogP contribution is -2.20. The average Bonchev–Trinajstić information content (AvgIpc) is 2.72. The number of aromatic nitrogens is 3. The van der Waals surface area contributed by atoms with Crippen molar-refractivity contribution in [2.45, 2.75) is 39.3 Å². The molecule has 0 amide bonds. The Balaban J connectivity index is 2.22. The van der Waals surface area contributed by atoms with Crippen LogP contribution in [0.15, 0.2) is 30.3 Å². The summed E-state index contributed by atoms with van der Waals surface area (Å²) < 4.78 is 2.10. The molecule has 4 heteroatoms. The third-order valence-electron chi connectivity index (χ3n) is 3.04. The zero-order valence-corrected chi connectivity index (χ0v) is 11.2. The molecule has 0 bridgehead atoms. The number of nitrogens with zero attached hydrogens (tertiary/aromatic N) is 3. The Morgan fingerprint density at radius 3 is 2.44 bits per heavy atom. The summed E-state index contributed by atoms with van der Waals surface area (Å²) in [6, 6.07) is 10.5. The van der Waals surface area contributed by atoms with Gasteiger partial charge in [0.2, 0.25) is 0 Å². The number of hydrogen-bond donors (Lipinski definition) is 1. The van der Waals surface area contributed by atoms with Crippen molar-refractivity contribution in [1.82, 2.24) is 14.8 Å². The molecule has 2 rings (SSSR count). The summed E-state index contributed by atoms with van der Waals surface area (Å²) in [4.78, 5) is 0. The Kier molecular flexibility index (Phi) is 3.77. The Bertz CT molecular complexity index is 502. The maximum absolute atomic E-state index is 6.26. The van der Waals surface area contributed by atoms with Crippen LogP contribution in [0.1, 0.15) is 43.1 Å². The molecule has 0 fully saturated rings. The van der Waals surface area contributed by atoms with Crippen LogP contribution < -0.4 is 5.73 Å². The van der Waals surface area contributed by atoms with Gasteiger partial charge >= 0.3 is 0 Å². The molecule has 0 aliphatic rings. The quantitative estimate of drug-likeness (QED) is 0.898. The van der Waals surface area contributed by atoms with Gasteiger partial charge in [0.1, 0.15) is 5.82 Å². The van der Waals surface area contributed by atoms with Gasteiger partial charge in [0.05, 0.1) is 6.04 Å². The van der Waals surface area contributed by atoms with E-state index in [1.165, 1.54) is 5.56 Å². The first-order valence-corrected chi connectivity index (χ1v) is 6.30. The second-order valence-corrected chi connectivity index (χ2v) is 4.87. The maximum atomic E-state index is 6.26. The van der Waals surface area contributed by atoms with Crippen LogP contribution >= 0.6 is 0 Å². The van der Waals surface area contributed by atoms with Crippen molar-refractivity contribution in [3.05, 3.63) is 47.5 Å². The summed E-state index contributed by atoms with van der Waals surface area (Å²) >= 11 is 0. The van der Waals surface area contributed by atoms with Crippen LogP contribution in [-0.2, 0) is 6.42 Å². The number of rotatable bonds is 4. The van der Waals surface area contributed by atoms with Gasteiger partial charge in [-0.3, -0.25) is 0 Å². The highest BCUT2D eigenvalue weighted by Crippen LogP contribution is 2.19. The third-order valence-corrected chi connectivity index (χ3v) is 3.04. The van der Waals surface area contributed by atoms with Crippen LogP contribution in [0.25, 0.3) is 0 Å². The third kappa shape index (κ3) is 2.59. The molecule has 0 radical (unpaired) electrons. The minimum atomic E-state index is -0.115. The summed E-state index contributed by atoms with van der Waals surface area (Å²) in [5.74, 6) is 1.79. The molecular formula is C14H20N4. The van der Waals surface area contributed by atoms with Crippen LogP contribution in [0.4, 0.5) is 0 Å². The van der Waals surface area contributed by atoms with Crippen molar-refractivity contribution >= 4 is 0 Å². The molecule has 0 saturated carbocycles. The van der Waals surface area contributed by atoms with Gasteiger partial charge in [0, 0.05) is 6.04 Å². The molecule has 18 heavy (non-hydrogen) atoms. The van der Waals surface area contributed by atoms with Crippen LogP contribution in [0.2, 0.25) is 0 Å². The fraction of sp³-hybridized carbons (Fsp3) is 0.429. The number of aryl methyl sites for hydroxylation is 1. The molecule has 0 spiro atoms. The van der Waals surface area contributed by atoms with Gasteiger partial charge in [0.25, 0.3) is 0 Å².